The van der Waals surface area contributed by atoms with Crippen molar-refractivity contribution in [3.8, 4) is 11.5 Å². The number of anilines is 1. The Kier molecular flexibility index (Phi) is 6.49. The van der Waals surface area contributed by atoms with Gasteiger partial charge in [0.05, 0.1) is 31.8 Å². The third kappa shape index (κ3) is 5.36. The standard InChI is InChI=1S/C21H23N5O3/c1-15(29-18-8-6-7-17(11-18)28-3)24-20-10-5-4-9-19(20)21(22)25-26-13-16(12-23-26)14-27-2/h4-13,24H,1,14H2,2-3H3,(H2,22,25). The normalized spacial score (nSPS) is 11.2. The van der Waals surface area contributed by atoms with Gasteiger partial charge in [0.2, 0.25) is 0 Å². The van der Waals surface area contributed by atoms with Crippen LogP contribution in [0.4, 0.5) is 5.69 Å². The van der Waals surface area contributed by atoms with Crippen LogP contribution in [-0.2, 0) is 11.3 Å². The van der Waals surface area contributed by atoms with E-state index in [2.05, 4.69) is 22.1 Å². The van der Waals surface area contributed by atoms with E-state index in [4.69, 9.17) is 19.9 Å². The van der Waals surface area contributed by atoms with Gasteiger partial charge in [-0.1, -0.05) is 18.2 Å². The highest BCUT2D eigenvalue weighted by Gasteiger charge is 2.09. The summed E-state index contributed by atoms with van der Waals surface area (Å²) in [6.45, 7) is 4.38. The van der Waals surface area contributed by atoms with E-state index in [1.54, 1.807) is 32.7 Å². The third-order valence-electron chi connectivity index (χ3n) is 3.90. The van der Waals surface area contributed by atoms with E-state index in [9.17, 15) is 0 Å². The van der Waals surface area contributed by atoms with Crippen LogP contribution < -0.4 is 20.5 Å². The molecule has 0 unspecified atom stereocenters. The lowest BCUT2D eigenvalue weighted by molar-refractivity contribution is 0.185. The number of para-hydroxylation sites is 1. The highest BCUT2D eigenvalue weighted by Crippen LogP contribution is 2.22. The molecule has 3 rings (SSSR count). The van der Waals surface area contributed by atoms with Crippen molar-refractivity contribution < 1.29 is 14.2 Å². The molecule has 0 aliphatic rings. The Balaban J connectivity index is 1.75. The first kappa shape index (κ1) is 20.0. The van der Waals surface area contributed by atoms with Gasteiger partial charge in [-0.05, 0) is 30.8 Å². The summed E-state index contributed by atoms with van der Waals surface area (Å²) in [5.41, 5.74) is 8.49. The number of benzene rings is 2. The zero-order valence-corrected chi connectivity index (χ0v) is 16.3. The van der Waals surface area contributed by atoms with Crippen molar-refractivity contribution in [2.75, 3.05) is 19.5 Å². The lowest BCUT2D eigenvalue weighted by Crippen LogP contribution is -2.18. The van der Waals surface area contributed by atoms with E-state index in [1.807, 2.05) is 42.5 Å². The molecule has 8 nitrogen and oxygen atoms in total. The number of hydrogen-bond acceptors (Lipinski definition) is 6. The molecule has 0 amide bonds. The molecular weight excluding hydrogens is 370 g/mol. The van der Waals surface area contributed by atoms with Gasteiger partial charge >= 0.3 is 0 Å². The van der Waals surface area contributed by atoms with Crippen molar-refractivity contribution in [3.05, 3.63) is 84.5 Å². The molecule has 3 N–H and O–H groups in total. The van der Waals surface area contributed by atoms with E-state index in [0.717, 1.165) is 5.56 Å². The molecule has 0 saturated carbocycles. The molecule has 0 bridgehead atoms. The highest BCUT2D eigenvalue weighted by molar-refractivity contribution is 6.02. The fourth-order valence-corrected chi connectivity index (χ4v) is 2.61. The Morgan fingerprint density at radius 1 is 1.17 bits per heavy atom. The third-order valence-corrected chi connectivity index (χ3v) is 3.90. The van der Waals surface area contributed by atoms with Gasteiger partial charge in [0, 0.05) is 24.3 Å². The van der Waals surface area contributed by atoms with Crippen molar-refractivity contribution in [2.24, 2.45) is 10.8 Å². The largest absolute Gasteiger partial charge is 0.497 e. The maximum atomic E-state index is 6.21. The van der Waals surface area contributed by atoms with Crippen molar-refractivity contribution in [3.63, 3.8) is 0 Å². The predicted molar refractivity (Wildman–Crippen MR) is 112 cm³/mol. The van der Waals surface area contributed by atoms with Crippen LogP contribution in [0.3, 0.4) is 0 Å². The van der Waals surface area contributed by atoms with Crippen LogP contribution in [-0.4, -0.2) is 29.9 Å². The molecule has 0 aliphatic carbocycles. The summed E-state index contributed by atoms with van der Waals surface area (Å²) in [6, 6.07) is 14.7. The number of nitrogens with one attached hydrogen (secondary N) is 1. The van der Waals surface area contributed by atoms with Gasteiger partial charge in [0.1, 0.15) is 11.5 Å². The van der Waals surface area contributed by atoms with Gasteiger partial charge in [0.15, 0.2) is 11.7 Å². The second kappa shape index (κ2) is 9.43. The average Bonchev–Trinajstić information content (AvgIpc) is 3.15. The molecule has 0 atom stereocenters. The van der Waals surface area contributed by atoms with Gasteiger partial charge in [0.25, 0.3) is 0 Å². The molecular formula is C21H23N5O3. The highest BCUT2D eigenvalue weighted by atomic mass is 16.5. The van der Waals surface area contributed by atoms with Crippen LogP contribution in [0, 0.1) is 0 Å². The minimum Gasteiger partial charge on any atom is -0.497 e. The smallest absolute Gasteiger partial charge is 0.190 e. The van der Waals surface area contributed by atoms with Crippen LogP contribution in [0.2, 0.25) is 0 Å². The molecule has 2 aromatic carbocycles. The first-order valence-electron chi connectivity index (χ1n) is 8.83. The zero-order valence-electron chi connectivity index (χ0n) is 16.3. The van der Waals surface area contributed by atoms with Crippen molar-refractivity contribution in [2.45, 2.75) is 6.61 Å². The number of nitrogens with zero attached hydrogens (tertiary/aromatic N) is 3. The SMILES string of the molecule is C=C(Nc1ccccc1C(N)=Nn1cc(COC)cn1)Oc1cccc(OC)c1. The summed E-state index contributed by atoms with van der Waals surface area (Å²) in [5.74, 6) is 1.91. The number of hydrogen-bond donors (Lipinski definition) is 2. The van der Waals surface area contributed by atoms with E-state index in [1.165, 1.54) is 4.79 Å². The first-order chi connectivity index (χ1) is 14.1. The van der Waals surface area contributed by atoms with Crippen LogP contribution in [0.15, 0.2) is 78.5 Å². The number of methoxy groups -OCH3 is 2. The average molecular weight is 393 g/mol. The summed E-state index contributed by atoms with van der Waals surface area (Å²) in [6.07, 6.45) is 3.42. The Morgan fingerprint density at radius 2 is 1.97 bits per heavy atom. The molecule has 8 heteroatoms. The number of ether oxygens (including phenoxy) is 3. The number of aromatic nitrogens is 2. The molecule has 0 aliphatic heterocycles. The fraction of sp³-hybridized carbons (Fsp3) is 0.143. The summed E-state index contributed by atoms with van der Waals surface area (Å²) >= 11 is 0. The monoisotopic (exact) mass is 393 g/mol. The van der Waals surface area contributed by atoms with Gasteiger partial charge < -0.3 is 25.3 Å². The second-order valence-corrected chi connectivity index (χ2v) is 6.06. The Labute approximate surface area is 169 Å². The van der Waals surface area contributed by atoms with Gasteiger partial charge in [-0.2, -0.15) is 9.89 Å². The van der Waals surface area contributed by atoms with E-state index >= 15 is 0 Å². The van der Waals surface area contributed by atoms with Gasteiger partial charge in [-0.15, -0.1) is 5.10 Å². The van der Waals surface area contributed by atoms with Crippen LogP contribution in [0.25, 0.3) is 0 Å². The van der Waals surface area contributed by atoms with E-state index in [0.29, 0.717) is 35.2 Å². The quantitative estimate of drug-likeness (QED) is 0.329. The second-order valence-electron chi connectivity index (χ2n) is 6.06. The molecule has 0 saturated heterocycles. The topological polar surface area (TPSA) is 95.9 Å². The van der Waals surface area contributed by atoms with E-state index in [-0.39, 0.29) is 5.84 Å². The Morgan fingerprint density at radius 3 is 2.76 bits per heavy atom. The number of nitrogens with two attached hydrogens (primary N) is 1. The Hall–Kier alpha value is -3.78. The fourth-order valence-electron chi connectivity index (χ4n) is 2.61. The van der Waals surface area contributed by atoms with Crippen LogP contribution in [0.1, 0.15) is 11.1 Å². The summed E-state index contributed by atoms with van der Waals surface area (Å²) in [4.78, 5) is 1.40. The summed E-state index contributed by atoms with van der Waals surface area (Å²) < 4.78 is 16.0. The van der Waals surface area contributed by atoms with Crippen molar-refractivity contribution in [1.29, 1.82) is 0 Å². The predicted octanol–water partition coefficient (Wildman–Crippen LogP) is 3.17. The summed E-state index contributed by atoms with van der Waals surface area (Å²) in [5, 5.41) is 11.6. The molecule has 1 aromatic heterocycles. The van der Waals surface area contributed by atoms with Gasteiger partial charge in [-0.3, -0.25) is 0 Å². The maximum Gasteiger partial charge on any atom is 0.190 e. The first-order valence-corrected chi connectivity index (χ1v) is 8.83. The molecule has 0 fully saturated rings. The van der Waals surface area contributed by atoms with E-state index < -0.39 is 0 Å². The molecule has 29 heavy (non-hydrogen) atoms. The molecule has 3 aromatic rings. The maximum absolute atomic E-state index is 6.21. The minimum atomic E-state index is 0.286. The summed E-state index contributed by atoms with van der Waals surface area (Å²) in [7, 11) is 3.22. The van der Waals surface area contributed by atoms with Crippen LogP contribution >= 0.6 is 0 Å². The minimum absolute atomic E-state index is 0.286. The lowest BCUT2D eigenvalue weighted by atomic mass is 10.1. The molecule has 0 spiro atoms. The molecule has 150 valence electrons. The molecule has 1 heterocycles. The van der Waals surface area contributed by atoms with Crippen molar-refractivity contribution in [1.82, 2.24) is 9.89 Å². The van der Waals surface area contributed by atoms with Crippen LogP contribution in [0.5, 0.6) is 11.5 Å². The zero-order chi connectivity index (χ0) is 20.6. The number of amidine groups is 1. The van der Waals surface area contributed by atoms with Crippen molar-refractivity contribution >= 4 is 11.5 Å². The number of rotatable bonds is 9. The molecule has 0 radical (unpaired) electrons. The Bertz CT molecular complexity index is 1010. The lowest BCUT2D eigenvalue weighted by Gasteiger charge is -2.14. The van der Waals surface area contributed by atoms with Gasteiger partial charge in [-0.25, -0.2) is 0 Å².